The molecule has 164 valence electrons. The van der Waals surface area contributed by atoms with Crippen LogP contribution in [-0.2, 0) is 13.2 Å². The molecule has 2 aromatic rings. The first-order chi connectivity index (χ1) is 15.3. The number of hydrogen-bond donors (Lipinski definition) is 0. The number of hydrogen-bond acceptors (Lipinski definition) is 4. The van der Waals surface area contributed by atoms with Crippen molar-refractivity contribution in [2.75, 3.05) is 39.8 Å². The molecule has 1 saturated carbocycles. The third kappa shape index (κ3) is 4.97. The first kappa shape index (κ1) is 20.6. The van der Waals surface area contributed by atoms with Crippen LogP contribution in [0.5, 0.6) is 11.5 Å². The predicted octanol–water partition coefficient (Wildman–Crippen LogP) is 4.60. The molecular formula is C27H34N2O2. The first-order valence-corrected chi connectivity index (χ1v) is 11.7. The highest BCUT2D eigenvalue weighted by Gasteiger charge is 2.36. The van der Waals surface area contributed by atoms with Gasteiger partial charge in [-0.15, -0.1) is 0 Å². The van der Waals surface area contributed by atoms with Crippen LogP contribution < -0.4 is 9.47 Å². The third-order valence-corrected chi connectivity index (χ3v) is 7.25. The molecule has 0 N–H and O–H groups in total. The lowest BCUT2D eigenvalue weighted by Gasteiger charge is -2.37. The van der Waals surface area contributed by atoms with Gasteiger partial charge >= 0.3 is 0 Å². The van der Waals surface area contributed by atoms with Crippen LogP contribution in [0.25, 0.3) is 0 Å². The fourth-order valence-corrected chi connectivity index (χ4v) is 5.49. The van der Waals surface area contributed by atoms with Crippen molar-refractivity contribution < 1.29 is 9.47 Å². The normalized spacial score (nSPS) is 25.8. The Labute approximate surface area is 186 Å². The van der Waals surface area contributed by atoms with Crippen molar-refractivity contribution in [3.63, 3.8) is 0 Å². The summed E-state index contributed by atoms with van der Waals surface area (Å²) in [4.78, 5) is 5.26. The van der Waals surface area contributed by atoms with Gasteiger partial charge in [0.1, 0.15) is 6.61 Å². The van der Waals surface area contributed by atoms with E-state index in [1.807, 2.05) is 24.3 Å². The average molecular weight is 419 g/mol. The number of rotatable bonds is 8. The van der Waals surface area contributed by atoms with Gasteiger partial charge in [0.2, 0.25) is 0 Å². The molecule has 2 aliphatic carbocycles. The van der Waals surface area contributed by atoms with Crippen LogP contribution in [0.15, 0.2) is 60.7 Å². The van der Waals surface area contributed by atoms with Crippen LogP contribution in [0, 0.1) is 17.8 Å². The Bertz CT molecular complexity index is 889. The van der Waals surface area contributed by atoms with E-state index in [0.717, 1.165) is 54.5 Å². The fourth-order valence-electron chi connectivity index (χ4n) is 5.49. The summed E-state index contributed by atoms with van der Waals surface area (Å²) < 4.78 is 11.6. The first-order valence-electron chi connectivity index (χ1n) is 11.7. The lowest BCUT2D eigenvalue weighted by molar-refractivity contribution is 0.108. The molecule has 3 atom stereocenters. The third-order valence-electron chi connectivity index (χ3n) is 7.25. The van der Waals surface area contributed by atoms with Crippen molar-refractivity contribution in [3.05, 3.63) is 71.8 Å². The molecule has 0 amide bonds. The van der Waals surface area contributed by atoms with Crippen LogP contribution in [0.3, 0.4) is 0 Å². The predicted molar refractivity (Wildman–Crippen MR) is 124 cm³/mol. The van der Waals surface area contributed by atoms with Gasteiger partial charge in [-0.05, 0) is 53.9 Å². The summed E-state index contributed by atoms with van der Waals surface area (Å²) >= 11 is 0. The minimum atomic E-state index is 0.553. The molecule has 4 heteroatoms. The van der Waals surface area contributed by atoms with E-state index < -0.39 is 0 Å². The lowest BCUT2D eigenvalue weighted by Crippen LogP contribution is -2.47. The molecule has 4 nitrogen and oxygen atoms in total. The van der Waals surface area contributed by atoms with Gasteiger partial charge in [-0.1, -0.05) is 48.6 Å². The molecule has 0 spiro atoms. The average Bonchev–Trinajstić information content (AvgIpc) is 3.43. The van der Waals surface area contributed by atoms with Crippen LogP contribution in [0.2, 0.25) is 0 Å². The smallest absolute Gasteiger partial charge is 0.161 e. The summed E-state index contributed by atoms with van der Waals surface area (Å²) in [5.74, 6) is 4.25. The Morgan fingerprint density at radius 3 is 2.35 bits per heavy atom. The Morgan fingerprint density at radius 1 is 0.839 bits per heavy atom. The standard InChI is InChI=1S/C27H34N2O2/c1-30-26-10-8-23(17-27(26)31-20-21-5-3-2-4-6-21)18-28-11-13-29(14-12-28)19-25-16-22-7-9-24(25)15-22/h2-10,17,22,24-25H,11-16,18-20H2,1H3/t22-,24+,25-/m0/s1. The zero-order valence-corrected chi connectivity index (χ0v) is 18.6. The Kier molecular flexibility index (Phi) is 6.28. The second kappa shape index (κ2) is 9.46. The minimum Gasteiger partial charge on any atom is -0.493 e. The number of ether oxygens (including phenoxy) is 2. The highest BCUT2D eigenvalue weighted by molar-refractivity contribution is 5.43. The van der Waals surface area contributed by atoms with Gasteiger partial charge in [-0.25, -0.2) is 0 Å². The van der Waals surface area contributed by atoms with Crippen molar-refractivity contribution in [1.82, 2.24) is 9.80 Å². The molecule has 2 fully saturated rings. The van der Waals surface area contributed by atoms with E-state index in [9.17, 15) is 0 Å². The number of allylic oxidation sites excluding steroid dienone is 2. The molecule has 0 aromatic heterocycles. The summed E-state index contributed by atoms with van der Waals surface area (Å²) in [6, 6.07) is 16.6. The zero-order chi connectivity index (χ0) is 21.0. The number of methoxy groups -OCH3 is 1. The van der Waals surface area contributed by atoms with Crippen molar-refractivity contribution in [3.8, 4) is 11.5 Å². The topological polar surface area (TPSA) is 24.9 Å². The van der Waals surface area contributed by atoms with Gasteiger partial charge in [-0.3, -0.25) is 4.90 Å². The van der Waals surface area contributed by atoms with Gasteiger partial charge in [0.15, 0.2) is 11.5 Å². The summed E-state index contributed by atoms with van der Waals surface area (Å²) in [5.41, 5.74) is 2.45. The Morgan fingerprint density at radius 2 is 1.65 bits per heavy atom. The SMILES string of the molecule is COc1ccc(CN2CCN(C[C@@H]3C[C@H]4C=C[C@@H]3C4)CC2)cc1OCc1ccccc1. The number of benzene rings is 2. The van der Waals surface area contributed by atoms with Crippen LogP contribution in [-0.4, -0.2) is 49.6 Å². The maximum atomic E-state index is 6.10. The fraction of sp³-hybridized carbons (Fsp3) is 0.481. The summed E-state index contributed by atoms with van der Waals surface area (Å²) in [5, 5.41) is 0. The van der Waals surface area contributed by atoms with Crippen molar-refractivity contribution in [2.24, 2.45) is 17.8 Å². The van der Waals surface area contributed by atoms with Crippen LogP contribution >= 0.6 is 0 Å². The van der Waals surface area contributed by atoms with Crippen molar-refractivity contribution in [2.45, 2.75) is 26.0 Å². The van der Waals surface area contributed by atoms with Gasteiger partial charge in [0, 0.05) is 39.3 Å². The van der Waals surface area contributed by atoms with Crippen molar-refractivity contribution >= 4 is 0 Å². The minimum absolute atomic E-state index is 0.553. The Hall–Kier alpha value is -2.30. The van der Waals surface area contributed by atoms with Crippen molar-refractivity contribution in [1.29, 1.82) is 0 Å². The molecule has 0 radical (unpaired) electrons. The van der Waals surface area contributed by atoms with Gasteiger partial charge in [0.05, 0.1) is 7.11 Å². The lowest BCUT2D eigenvalue weighted by atomic mass is 9.93. The Balaban J connectivity index is 1.13. The highest BCUT2D eigenvalue weighted by atomic mass is 16.5. The van der Waals surface area contributed by atoms with Gasteiger partial charge in [-0.2, -0.15) is 0 Å². The second-order valence-corrected chi connectivity index (χ2v) is 9.38. The number of nitrogens with zero attached hydrogens (tertiary/aromatic N) is 2. The number of fused-ring (bicyclic) bond motifs is 2. The van der Waals surface area contributed by atoms with E-state index in [-0.39, 0.29) is 0 Å². The van der Waals surface area contributed by atoms with E-state index >= 15 is 0 Å². The molecule has 5 rings (SSSR count). The molecule has 0 unspecified atom stereocenters. The molecule has 1 aliphatic heterocycles. The van der Waals surface area contributed by atoms with Gasteiger partial charge < -0.3 is 14.4 Å². The summed E-state index contributed by atoms with van der Waals surface area (Å²) in [7, 11) is 1.70. The largest absolute Gasteiger partial charge is 0.493 e. The molecular weight excluding hydrogens is 384 g/mol. The number of piperazine rings is 1. The molecule has 1 saturated heterocycles. The van der Waals surface area contributed by atoms with Crippen LogP contribution in [0.4, 0.5) is 0 Å². The molecule has 1 heterocycles. The monoisotopic (exact) mass is 418 g/mol. The maximum Gasteiger partial charge on any atom is 0.161 e. The molecule has 3 aliphatic rings. The quantitative estimate of drug-likeness (QED) is 0.585. The molecule has 31 heavy (non-hydrogen) atoms. The van der Waals surface area contributed by atoms with E-state index in [4.69, 9.17) is 9.47 Å². The highest BCUT2D eigenvalue weighted by Crippen LogP contribution is 2.43. The van der Waals surface area contributed by atoms with E-state index in [0.29, 0.717) is 6.61 Å². The van der Waals surface area contributed by atoms with E-state index in [1.54, 1.807) is 7.11 Å². The summed E-state index contributed by atoms with van der Waals surface area (Å²) in [6.07, 6.45) is 7.76. The van der Waals surface area contributed by atoms with Crippen LogP contribution in [0.1, 0.15) is 24.0 Å². The second-order valence-electron chi connectivity index (χ2n) is 9.38. The molecule has 2 bridgehead atoms. The zero-order valence-electron chi connectivity index (χ0n) is 18.6. The maximum absolute atomic E-state index is 6.10. The van der Waals surface area contributed by atoms with E-state index in [2.05, 4.69) is 46.2 Å². The summed E-state index contributed by atoms with van der Waals surface area (Å²) in [6.45, 7) is 7.47. The van der Waals surface area contributed by atoms with Gasteiger partial charge in [0.25, 0.3) is 0 Å². The van der Waals surface area contributed by atoms with E-state index in [1.165, 1.54) is 38.0 Å². The molecule has 2 aromatic carbocycles.